The summed E-state index contributed by atoms with van der Waals surface area (Å²) < 4.78 is 1.76. The molecular weight excluding hydrogens is 394 g/mol. The molecule has 2 fully saturated rings. The molecule has 2 N–H and O–H groups in total. The number of hydrogen-bond donors (Lipinski definition) is 1. The molecule has 0 radical (unpaired) electrons. The van der Waals surface area contributed by atoms with E-state index < -0.39 is 5.91 Å². The number of aromatic nitrogens is 3. The van der Waals surface area contributed by atoms with Crippen molar-refractivity contribution in [1.29, 1.82) is 0 Å². The van der Waals surface area contributed by atoms with Crippen LogP contribution in [0.2, 0.25) is 0 Å². The predicted octanol–water partition coefficient (Wildman–Crippen LogP) is 3.31. The lowest BCUT2D eigenvalue weighted by atomic mass is 10.0. The lowest BCUT2D eigenvalue weighted by Crippen LogP contribution is -2.38. The molecule has 3 heterocycles. The quantitative estimate of drug-likeness (QED) is 0.684. The SMILES string of the molecule is CC1CC1C1CN(Cc2ccc3c(-c4cnn(C)c4)cc(C(N)=O)nc3c2)CCS1. The van der Waals surface area contributed by atoms with E-state index in [0.717, 1.165) is 58.7 Å². The van der Waals surface area contributed by atoms with E-state index in [2.05, 4.69) is 51.9 Å². The fraction of sp³-hybridized carbons (Fsp3) is 0.435. The van der Waals surface area contributed by atoms with Crippen molar-refractivity contribution in [1.82, 2.24) is 19.7 Å². The summed E-state index contributed by atoms with van der Waals surface area (Å²) in [6.45, 7) is 5.57. The Morgan fingerprint density at radius 1 is 1.33 bits per heavy atom. The molecule has 1 amide bonds. The minimum Gasteiger partial charge on any atom is -0.364 e. The van der Waals surface area contributed by atoms with E-state index in [0.29, 0.717) is 0 Å². The number of carbonyl (C=O) groups excluding carboxylic acids is 1. The van der Waals surface area contributed by atoms with E-state index in [4.69, 9.17) is 5.73 Å². The van der Waals surface area contributed by atoms with Gasteiger partial charge >= 0.3 is 0 Å². The summed E-state index contributed by atoms with van der Waals surface area (Å²) in [6.07, 6.45) is 5.13. The van der Waals surface area contributed by atoms with Gasteiger partial charge in [-0.25, -0.2) is 4.98 Å². The highest BCUT2D eigenvalue weighted by Gasteiger charge is 2.41. The average Bonchev–Trinajstić information content (AvgIpc) is 3.31. The van der Waals surface area contributed by atoms with Crippen molar-refractivity contribution in [3.05, 3.63) is 47.9 Å². The van der Waals surface area contributed by atoms with Crippen LogP contribution in [-0.2, 0) is 13.6 Å². The summed E-state index contributed by atoms with van der Waals surface area (Å²) in [5, 5.41) is 6.05. The summed E-state index contributed by atoms with van der Waals surface area (Å²) in [7, 11) is 1.88. The van der Waals surface area contributed by atoms with Crippen LogP contribution in [-0.4, -0.2) is 49.7 Å². The molecule has 1 aromatic carbocycles. The van der Waals surface area contributed by atoms with Gasteiger partial charge in [0.25, 0.3) is 5.91 Å². The van der Waals surface area contributed by atoms with Crippen LogP contribution >= 0.6 is 11.8 Å². The molecule has 3 aromatic rings. The molecule has 3 atom stereocenters. The highest BCUT2D eigenvalue weighted by atomic mass is 32.2. The molecule has 0 spiro atoms. The maximum absolute atomic E-state index is 11.9. The topological polar surface area (TPSA) is 77.0 Å². The number of primary amides is 1. The zero-order valence-corrected chi connectivity index (χ0v) is 18.2. The molecule has 0 bridgehead atoms. The van der Waals surface area contributed by atoms with E-state index in [-0.39, 0.29) is 5.69 Å². The molecule has 1 aliphatic carbocycles. The van der Waals surface area contributed by atoms with Crippen LogP contribution in [0.15, 0.2) is 36.7 Å². The van der Waals surface area contributed by atoms with Gasteiger partial charge in [0, 0.05) is 54.8 Å². The van der Waals surface area contributed by atoms with Crippen molar-refractivity contribution < 1.29 is 4.79 Å². The van der Waals surface area contributed by atoms with E-state index in [9.17, 15) is 4.79 Å². The molecule has 30 heavy (non-hydrogen) atoms. The summed E-state index contributed by atoms with van der Waals surface area (Å²) in [6, 6.07) is 8.18. The first-order valence-electron chi connectivity index (χ1n) is 10.5. The number of nitrogens with zero attached hydrogens (tertiary/aromatic N) is 4. The van der Waals surface area contributed by atoms with Gasteiger partial charge in [0.05, 0.1) is 11.7 Å². The second kappa shape index (κ2) is 7.71. The highest BCUT2D eigenvalue weighted by molar-refractivity contribution is 8.00. The molecular formula is C23H27N5OS. The maximum Gasteiger partial charge on any atom is 0.267 e. The van der Waals surface area contributed by atoms with Crippen LogP contribution in [0.3, 0.4) is 0 Å². The first kappa shape index (κ1) is 19.6. The summed E-state index contributed by atoms with van der Waals surface area (Å²) in [5.74, 6) is 2.49. The summed E-state index contributed by atoms with van der Waals surface area (Å²) in [4.78, 5) is 19.0. The maximum atomic E-state index is 11.9. The Bertz CT molecular complexity index is 1110. The summed E-state index contributed by atoms with van der Waals surface area (Å²) >= 11 is 2.15. The molecule has 5 rings (SSSR count). The van der Waals surface area contributed by atoms with Crippen LogP contribution in [0.1, 0.15) is 29.4 Å². The minimum absolute atomic E-state index is 0.288. The minimum atomic E-state index is -0.512. The molecule has 6 nitrogen and oxygen atoms in total. The van der Waals surface area contributed by atoms with Gasteiger partial charge in [-0.3, -0.25) is 14.4 Å². The van der Waals surface area contributed by atoms with Crippen molar-refractivity contribution in [2.75, 3.05) is 18.8 Å². The third-order valence-electron chi connectivity index (χ3n) is 6.38. The fourth-order valence-corrected chi connectivity index (χ4v) is 6.17. The number of thioether (sulfide) groups is 1. The van der Waals surface area contributed by atoms with Crippen molar-refractivity contribution in [3.63, 3.8) is 0 Å². The third-order valence-corrected chi connectivity index (χ3v) is 7.72. The standard InChI is InChI=1S/C23H27N5OS/c1-14-7-18(14)22-13-28(5-6-30-22)11-15-3-4-17-19(16-10-25-27(2)12-16)9-21(23(24)29)26-20(17)8-15/h3-4,8-10,12,14,18,22H,5-7,11,13H2,1-2H3,(H2,24,29). The number of amides is 1. The number of carbonyl (C=O) groups is 1. The normalized spacial score (nSPS) is 24.3. The van der Waals surface area contributed by atoms with Crippen molar-refractivity contribution in [2.45, 2.75) is 25.1 Å². The van der Waals surface area contributed by atoms with Crippen molar-refractivity contribution >= 4 is 28.6 Å². The van der Waals surface area contributed by atoms with Gasteiger partial charge in [-0.05, 0) is 41.5 Å². The Morgan fingerprint density at radius 2 is 2.17 bits per heavy atom. The van der Waals surface area contributed by atoms with E-state index >= 15 is 0 Å². The number of aryl methyl sites for hydroxylation is 1. The van der Waals surface area contributed by atoms with Gasteiger partial charge in [0.2, 0.25) is 0 Å². The number of pyridine rings is 1. The number of nitrogens with two attached hydrogens (primary N) is 1. The molecule has 3 unspecified atom stereocenters. The van der Waals surface area contributed by atoms with Crippen LogP contribution in [0.25, 0.3) is 22.0 Å². The van der Waals surface area contributed by atoms with E-state index in [1.165, 1.54) is 17.7 Å². The van der Waals surface area contributed by atoms with Crippen LogP contribution in [0.4, 0.5) is 0 Å². The molecule has 1 saturated carbocycles. The van der Waals surface area contributed by atoms with Gasteiger partial charge in [0.15, 0.2) is 0 Å². The van der Waals surface area contributed by atoms with Crippen molar-refractivity contribution in [2.24, 2.45) is 24.6 Å². The first-order chi connectivity index (χ1) is 14.5. The zero-order valence-electron chi connectivity index (χ0n) is 17.4. The fourth-order valence-electron chi connectivity index (χ4n) is 4.56. The summed E-state index contributed by atoms with van der Waals surface area (Å²) in [5.41, 5.74) is 9.78. The first-order valence-corrected chi connectivity index (χ1v) is 11.6. The number of rotatable bonds is 5. The smallest absolute Gasteiger partial charge is 0.267 e. The van der Waals surface area contributed by atoms with Crippen LogP contribution < -0.4 is 5.73 Å². The molecule has 7 heteroatoms. The Labute approximate surface area is 180 Å². The van der Waals surface area contributed by atoms with Crippen LogP contribution in [0, 0.1) is 11.8 Å². The van der Waals surface area contributed by atoms with Crippen LogP contribution in [0.5, 0.6) is 0 Å². The van der Waals surface area contributed by atoms with E-state index in [1.807, 2.05) is 13.2 Å². The van der Waals surface area contributed by atoms with E-state index in [1.54, 1.807) is 16.9 Å². The third kappa shape index (κ3) is 3.84. The van der Waals surface area contributed by atoms with Gasteiger partial charge < -0.3 is 5.73 Å². The predicted molar refractivity (Wildman–Crippen MR) is 121 cm³/mol. The zero-order chi connectivity index (χ0) is 20.8. The Balaban J connectivity index is 1.45. The largest absolute Gasteiger partial charge is 0.364 e. The van der Waals surface area contributed by atoms with Gasteiger partial charge in [0.1, 0.15) is 5.69 Å². The highest BCUT2D eigenvalue weighted by Crippen LogP contribution is 2.46. The average molecular weight is 422 g/mol. The van der Waals surface area contributed by atoms with Crippen molar-refractivity contribution in [3.8, 4) is 11.1 Å². The monoisotopic (exact) mass is 421 g/mol. The van der Waals surface area contributed by atoms with Gasteiger partial charge in [-0.15, -0.1) is 0 Å². The molecule has 156 valence electrons. The Kier molecular flexibility index (Phi) is 5.03. The van der Waals surface area contributed by atoms with Gasteiger partial charge in [-0.1, -0.05) is 19.1 Å². The Morgan fingerprint density at radius 3 is 2.87 bits per heavy atom. The lowest BCUT2D eigenvalue weighted by Gasteiger charge is -2.32. The number of benzene rings is 1. The second-order valence-corrected chi connectivity index (χ2v) is 10.0. The lowest BCUT2D eigenvalue weighted by molar-refractivity contribution is 0.0996. The van der Waals surface area contributed by atoms with Gasteiger partial charge in [-0.2, -0.15) is 16.9 Å². The molecule has 1 saturated heterocycles. The number of fused-ring (bicyclic) bond motifs is 1. The number of hydrogen-bond acceptors (Lipinski definition) is 5. The molecule has 1 aliphatic heterocycles. The molecule has 2 aromatic heterocycles. The Hall–Kier alpha value is -2.38. The second-order valence-electron chi connectivity index (χ2n) is 8.69. The molecule has 2 aliphatic rings.